The number of aromatic nitrogens is 2. The van der Waals surface area contributed by atoms with Crippen LogP contribution in [0.15, 0.2) is 40.2 Å². The fourth-order valence-electron chi connectivity index (χ4n) is 2.70. The topological polar surface area (TPSA) is 25.8 Å². The molecule has 25 heavy (non-hydrogen) atoms. The lowest BCUT2D eigenvalue weighted by molar-refractivity contribution is 1.19. The molecule has 0 aliphatic rings. The van der Waals surface area contributed by atoms with Crippen molar-refractivity contribution in [3.8, 4) is 19.8 Å². The molecule has 1 aromatic carbocycles. The Morgan fingerprint density at radius 2 is 1.36 bits per heavy atom. The Morgan fingerprint density at radius 1 is 0.760 bits per heavy atom. The van der Waals surface area contributed by atoms with Gasteiger partial charge in [0.05, 0.1) is 34.0 Å². The molecule has 0 aliphatic heterocycles. The van der Waals surface area contributed by atoms with Gasteiger partial charge in [0.25, 0.3) is 0 Å². The maximum Gasteiger partial charge on any atom is 0.134 e. The lowest BCUT2D eigenvalue weighted by Gasteiger charge is -1.87. The summed E-state index contributed by atoms with van der Waals surface area (Å²) in [6, 6.07) is 12.8. The molecule has 5 aromatic rings. The fourth-order valence-corrected chi connectivity index (χ4v) is 7.39. The van der Waals surface area contributed by atoms with E-state index in [1.54, 1.807) is 34.0 Å². The summed E-state index contributed by atoms with van der Waals surface area (Å²) in [6.07, 6.45) is 1.08. The summed E-state index contributed by atoms with van der Waals surface area (Å²) in [5.74, 6) is 0. The quantitative estimate of drug-likeness (QED) is 0.274. The van der Waals surface area contributed by atoms with Crippen molar-refractivity contribution in [2.45, 2.75) is 13.3 Å². The molecule has 124 valence electrons. The standard InChI is InChI=1S/C18H11BrN2S4/c1-2-9-3-6-12(22-9)17-20-10-4-5-11-16(15(10)24-17)25-18(21-11)13-7-8-14(19)23-13/h3-8H,2H2,1H3. The molecule has 0 N–H and O–H groups in total. The van der Waals surface area contributed by atoms with E-state index < -0.39 is 0 Å². The monoisotopic (exact) mass is 462 g/mol. The summed E-state index contributed by atoms with van der Waals surface area (Å²) in [7, 11) is 0. The van der Waals surface area contributed by atoms with Crippen LogP contribution in [-0.4, -0.2) is 9.97 Å². The van der Waals surface area contributed by atoms with Crippen molar-refractivity contribution in [1.29, 1.82) is 0 Å². The molecule has 0 aliphatic carbocycles. The molecule has 0 radical (unpaired) electrons. The Morgan fingerprint density at radius 3 is 1.88 bits per heavy atom. The highest BCUT2D eigenvalue weighted by Gasteiger charge is 2.15. The van der Waals surface area contributed by atoms with Crippen LogP contribution in [0, 0.1) is 0 Å². The third-order valence-corrected chi connectivity index (χ3v) is 9.42. The molecule has 0 atom stereocenters. The van der Waals surface area contributed by atoms with E-state index in [2.05, 4.69) is 59.3 Å². The third kappa shape index (κ3) is 2.78. The van der Waals surface area contributed by atoms with Gasteiger partial charge in [0, 0.05) is 4.88 Å². The van der Waals surface area contributed by atoms with Crippen LogP contribution >= 0.6 is 61.3 Å². The van der Waals surface area contributed by atoms with Crippen molar-refractivity contribution in [2.75, 3.05) is 0 Å². The summed E-state index contributed by atoms with van der Waals surface area (Å²) in [5.41, 5.74) is 2.13. The first-order chi connectivity index (χ1) is 12.2. The lowest BCUT2D eigenvalue weighted by atomic mass is 10.3. The maximum atomic E-state index is 4.87. The first-order valence-corrected chi connectivity index (χ1v) is 11.8. The number of thiazole rings is 2. The number of fused-ring (bicyclic) bond motifs is 3. The van der Waals surface area contributed by atoms with Gasteiger partial charge in [0.1, 0.15) is 10.0 Å². The van der Waals surface area contributed by atoms with Gasteiger partial charge in [-0.3, -0.25) is 0 Å². The largest absolute Gasteiger partial charge is 0.235 e. The molecule has 0 unspecified atom stereocenters. The third-order valence-electron chi connectivity index (χ3n) is 3.92. The normalized spacial score (nSPS) is 11.8. The second-order valence-electron chi connectivity index (χ2n) is 5.52. The molecule has 0 bridgehead atoms. The molecular formula is C18H11BrN2S4. The minimum absolute atomic E-state index is 1.06. The highest BCUT2D eigenvalue weighted by atomic mass is 79.9. The first kappa shape index (κ1) is 16.1. The summed E-state index contributed by atoms with van der Waals surface area (Å²) in [6.45, 7) is 2.19. The zero-order valence-electron chi connectivity index (χ0n) is 13.1. The van der Waals surface area contributed by atoms with E-state index in [0.717, 1.165) is 31.3 Å². The van der Waals surface area contributed by atoms with E-state index in [1.807, 2.05) is 11.3 Å². The number of benzene rings is 1. The first-order valence-electron chi connectivity index (χ1n) is 7.76. The fraction of sp³-hybridized carbons (Fsp3) is 0.111. The molecule has 7 heteroatoms. The number of halogens is 1. The van der Waals surface area contributed by atoms with Gasteiger partial charge in [-0.05, 0) is 58.7 Å². The lowest BCUT2D eigenvalue weighted by Crippen LogP contribution is -1.71. The van der Waals surface area contributed by atoms with E-state index in [0.29, 0.717) is 0 Å². The van der Waals surface area contributed by atoms with E-state index in [-0.39, 0.29) is 0 Å². The molecule has 0 spiro atoms. The van der Waals surface area contributed by atoms with Gasteiger partial charge >= 0.3 is 0 Å². The molecular weight excluding hydrogens is 452 g/mol. The molecule has 4 heterocycles. The van der Waals surface area contributed by atoms with Crippen molar-refractivity contribution in [2.24, 2.45) is 0 Å². The van der Waals surface area contributed by atoms with Crippen molar-refractivity contribution < 1.29 is 0 Å². The van der Waals surface area contributed by atoms with Crippen LogP contribution in [0.5, 0.6) is 0 Å². The molecule has 5 rings (SSSR count). The van der Waals surface area contributed by atoms with Gasteiger partial charge in [0.15, 0.2) is 0 Å². The van der Waals surface area contributed by atoms with Crippen molar-refractivity contribution in [3.63, 3.8) is 0 Å². The van der Waals surface area contributed by atoms with E-state index >= 15 is 0 Å². The van der Waals surface area contributed by atoms with Crippen LogP contribution in [0.3, 0.4) is 0 Å². The zero-order valence-corrected chi connectivity index (χ0v) is 17.9. The molecule has 0 saturated carbocycles. The zero-order chi connectivity index (χ0) is 17.0. The van der Waals surface area contributed by atoms with Gasteiger partial charge in [-0.1, -0.05) is 6.92 Å². The van der Waals surface area contributed by atoms with Crippen LogP contribution in [0.4, 0.5) is 0 Å². The van der Waals surface area contributed by atoms with E-state index in [9.17, 15) is 0 Å². The second-order valence-corrected chi connectivity index (χ2v) is 11.2. The van der Waals surface area contributed by atoms with Crippen LogP contribution in [0.1, 0.15) is 11.8 Å². The highest BCUT2D eigenvalue weighted by Crippen LogP contribution is 2.42. The number of aryl methyl sites for hydroxylation is 1. The highest BCUT2D eigenvalue weighted by molar-refractivity contribution is 9.11. The van der Waals surface area contributed by atoms with Gasteiger partial charge in [-0.2, -0.15) is 0 Å². The van der Waals surface area contributed by atoms with Crippen molar-refractivity contribution >= 4 is 81.7 Å². The minimum atomic E-state index is 1.06. The molecule has 0 saturated heterocycles. The van der Waals surface area contributed by atoms with Gasteiger partial charge in [-0.15, -0.1) is 45.3 Å². The van der Waals surface area contributed by atoms with Crippen LogP contribution < -0.4 is 0 Å². The number of nitrogens with zero attached hydrogens (tertiary/aromatic N) is 2. The van der Waals surface area contributed by atoms with Crippen molar-refractivity contribution in [1.82, 2.24) is 9.97 Å². The average molecular weight is 463 g/mol. The van der Waals surface area contributed by atoms with Gasteiger partial charge in [0.2, 0.25) is 0 Å². The maximum absolute atomic E-state index is 4.87. The van der Waals surface area contributed by atoms with Crippen LogP contribution in [-0.2, 0) is 6.42 Å². The Kier molecular flexibility index (Phi) is 4.02. The van der Waals surface area contributed by atoms with Crippen LogP contribution in [0.25, 0.3) is 40.2 Å². The molecule has 4 aromatic heterocycles. The Labute approximate surface area is 169 Å². The van der Waals surface area contributed by atoms with Gasteiger partial charge in [-0.25, -0.2) is 9.97 Å². The molecule has 0 fully saturated rings. The SMILES string of the molecule is CCc1ccc(-c2nc3ccc4nc(-c5ccc(Br)s5)sc4c3s2)s1. The molecule has 2 nitrogen and oxygen atoms in total. The summed E-state index contributed by atoms with van der Waals surface area (Å²) < 4.78 is 3.63. The number of hydrogen-bond acceptors (Lipinski definition) is 6. The van der Waals surface area contributed by atoms with E-state index in [1.165, 1.54) is 24.0 Å². The van der Waals surface area contributed by atoms with Gasteiger partial charge < -0.3 is 0 Å². The minimum Gasteiger partial charge on any atom is -0.235 e. The van der Waals surface area contributed by atoms with Crippen LogP contribution in [0.2, 0.25) is 0 Å². The predicted molar refractivity (Wildman–Crippen MR) is 117 cm³/mol. The Hall–Kier alpha value is -1.12. The summed E-state index contributed by atoms with van der Waals surface area (Å²) in [4.78, 5) is 13.6. The number of thiophene rings is 2. The average Bonchev–Trinajstić information content (AvgIpc) is 3.37. The van der Waals surface area contributed by atoms with E-state index in [4.69, 9.17) is 9.97 Å². The second kappa shape index (κ2) is 6.25. The smallest absolute Gasteiger partial charge is 0.134 e. The number of hydrogen-bond donors (Lipinski definition) is 0. The Balaban J connectivity index is 1.67. The summed E-state index contributed by atoms with van der Waals surface area (Å²) in [5, 5.41) is 2.19. The Bertz CT molecular complexity index is 1210. The number of rotatable bonds is 3. The predicted octanol–water partition coefficient (Wildman–Crippen LogP) is 7.69. The molecule has 0 amide bonds. The van der Waals surface area contributed by atoms with Crippen molar-refractivity contribution in [3.05, 3.63) is 45.1 Å². The summed E-state index contributed by atoms with van der Waals surface area (Å²) >= 11 is 10.7.